The van der Waals surface area contributed by atoms with Crippen molar-refractivity contribution in [2.24, 2.45) is 0 Å². The molecule has 6 heteroatoms. The van der Waals surface area contributed by atoms with Crippen molar-refractivity contribution in [1.82, 2.24) is 15.0 Å². The highest BCUT2D eigenvalue weighted by atomic mass is 32.1. The molecule has 3 aromatic heterocycles. The van der Waals surface area contributed by atoms with Gasteiger partial charge in [0.1, 0.15) is 17.0 Å². The molecule has 5 nitrogen and oxygen atoms in total. The number of nitrogens with zero attached hydrogens (tertiary/aromatic N) is 3. The number of hydrogen-bond donors (Lipinski definition) is 2. The molecular formula is C22H32N5S+. The summed E-state index contributed by atoms with van der Waals surface area (Å²) in [5, 5.41) is 4.85. The van der Waals surface area contributed by atoms with E-state index in [0.717, 1.165) is 48.5 Å². The third-order valence-corrected chi connectivity index (χ3v) is 6.80. The highest BCUT2D eigenvalue weighted by Crippen LogP contribution is 2.40. The first kappa shape index (κ1) is 19.5. The second kappa shape index (κ2) is 8.70. The summed E-state index contributed by atoms with van der Waals surface area (Å²) in [4.78, 5) is 17.0. The number of quaternary nitrogens is 1. The molecule has 0 fully saturated rings. The van der Waals surface area contributed by atoms with Crippen LogP contribution >= 0.6 is 11.3 Å². The summed E-state index contributed by atoms with van der Waals surface area (Å²) in [6.07, 6.45) is 11.3. The lowest BCUT2D eigenvalue weighted by atomic mass is 9.87. The largest absolute Gasteiger partial charge is 0.369 e. The van der Waals surface area contributed by atoms with E-state index in [1.54, 1.807) is 17.7 Å². The van der Waals surface area contributed by atoms with Gasteiger partial charge in [0.05, 0.1) is 30.9 Å². The van der Waals surface area contributed by atoms with E-state index in [2.05, 4.69) is 31.3 Å². The van der Waals surface area contributed by atoms with Gasteiger partial charge in [0.2, 0.25) is 0 Å². The third kappa shape index (κ3) is 3.85. The summed E-state index contributed by atoms with van der Waals surface area (Å²) < 4.78 is 1.17. The fourth-order valence-electron chi connectivity index (χ4n) is 4.26. The quantitative estimate of drug-likeness (QED) is 0.571. The number of pyridine rings is 1. The van der Waals surface area contributed by atoms with Gasteiger partial charge in [-0.25, -0.2) is 15.0 Å². The molecule has 0 atom stereocenters. The topological polar surface area (TPSA) is 55.1 Å². The number of fused-ring (bicyclic) bond motifs is 5. The molecular weight excluding hydrogens is 366 g/mol. The van der Waals surface area contributed by atoms with Crippen molar-refractivity contribution >= 4 is 37.6 Å². The predicted octanol–water partition coefficient (Wildman–Crippen LogP) is 3.41. The van der Waals surface area contributed by atoms with Gasteiger partial charge < -0.3 is 10.2 Å². The van der Waals surface area contributed by atoms with E-state index < -0.39 is 0 Å². The first-order valence-corrected chi connectivity index (χ1v) is 11.6. The lowest BCUT2D eigenvalue weighted by Gasteiger charge is -2.20. The molecule has 1 aliphatic carbocycles. The SMILES string of the molecule is CCCCc1nc2sc3c(NCCC[NH+](C)C)ncnc3c2c2c1CCCC2. The van der Waals surface area contributed by atoms with E-state index >= 15 is 0 Å². The van der Waals surface area contributed by atoms with Gasteiger partial charge in [-0.15, -0.1) is 11.3 Å². The molecule has 0 aliphatic heterocycles. The first-order valence-electron chi connectivity index (χ1n) is 10.8. The zero-order valence-corrected chi connectivity index (χ0v) is 18.2. The van der Waals surface area contributed by atoms with Gasteiger partial charge >= 0.3 is 0 Å². The van der Waals surface area contributed by atoms with Crippen LogP contribution in [0.15, 0.2) is 6.33 Å². The Morgan fingerprint density at radius 1 is 1.11 bits per heavy atom. The van der Waals surface area contributed by atoms with Crippen LogP contribution in [-0.2, 0) is 19.3 Å². The minimum Gasteiger partial charge on any atom is -0.369 e. The molecule has 0 radical (unpaired) electrons. The Morgan fingerprint density at radius 3 is 2.71 bits per heavy atom. The van der Waals surface area contributed by atoms with Crippen LogP contribution in [0.5, 0.6) is 0 Å². The highest BCUT2D eigenvalue weighted by molar-refractivity contribution is 7.26. The maximum absolute atomic E-state index is 5.14. The average Bonchev–Trinajstić information content (AvgIpc) is 3.08. The molecule has 3 heterocycles. The molecule has 4 rings (SSSR count). The smallest absolute Gasteiger partial charge is 0.147 e. The number of rotatable bonds is 8. The van der Waals surface area contributed by atoms with Crippen molar-refractivity contribution < 1.29 is 4.90 Å². The molecule has 0 saturated heterocycles. The molecule has 0 amide bonds. The monoisotopic (exact) mass is 398 g/mol. The Kier molecular flexibility index (Phi) is 6.07. The Bertz CT molecular complexity index is 963. The van der Waals surface area contributed by atoms with Gasteiger partial charge in [0.15, 0.2) is 0 Å². The number of anilines is 1. The van der Waals surface area contributed by atoms with Gasteiger partial charge in [-0.2, -0.15) is 0 Å². The number of aryl methyl sites for hydroxylation is 2. The molecule has 0 aromatic carbocycles. The molecule has 150 valence electrons. The summed E-state index contributed by atoms with van der Waals surface area (Å²) in [6.45, 7) is 4.36. The fraction of sp³-hybridized carbons (Fsp3) is 0.591. The van der Waals surface area contributed by atoms with Crippen LogP contribution in [0.1, 0.15) is 55.8 Å². The van der Waals surface area contributed by atoms with Crippen LogP contribution in [0.3, 0.4) is 0 Å². The van der Waals surface area contributed by atoms with Gasteiger partial charge in [-0.1, -0.05) is 13.3 Å². The van der Waals surface area contributed by atoms with Crippen molar-refractivity contribution in [3.63, 3.8) is 0 Å². The van der Waals surface area contributed by atoms with Crippen molar-refractivity contribution in [2.45, 2.75) is 58.3 Å². The second-order valence-electron chi connectivity index (χ2n) is 8.25. The van der Waals surface area contributed by atoms with Crippen LogP contribution < -0.4 is 10.2 Å². The summed E-state index contributed by atoms with van der Waals surface area (Å²) in [7, 11) is 4.39. The van der Waals surface area contributed by atoms with Gasteiger partial charge in [0.25, 0.3) is 0 Å². The van der Waals surface area contributed by atoms with Gasteiger partial charge in [-0.3, -0.25) is 0 Å². The van der Waals surface area contributed by atoms with Crippen molar-refractivity contribution in [1.29, 1.82) is 0 Å². The van der Waals surface area contributed by atoms with Crippen LogP contribution in [-0.4, -0.2) is 42.1 Å². The lowest BCUT2D eigenvalue weighted by molar-refractivity contribution is -0.858. The van der Waals surface area contributed by atoms with Gasteiger partial charge in [-0.05, 0) is 49.7 Å². The Morgan fingerprint density at radius 2 is 1.93 bits per heavy atom. The van der Waals surface area contributed by atoms with E-state index in [9.17, 15) is 0 Å². The van der Waals surface area contributed by atoms with Crippen LogP contribution in [0.4, 0.5) is 5.82 Å². The summed E-state index contributed by atoms with van der Waals surface area (Å²) in [5.74, 6) is 0.974. The molecule has 0 bridgehead atoms. The van der Waals surface area contributed by atoms with E-state index in [1.807, 2.05) is 0 Å². The molecule has 28 heavy (non-hydrogen) atoms. The third-order valence-electron chi connectivity index (χ3n) is 5.72. The standard InChI is InChI=1S/C22H31N5S/c1-4-5-11-17-15-9-6-7-10-16(15)18-19-20(28-22(18)26-17)21(25-14-24-19)23-12-8-13-27(2)3/h14H,4-13H2,1-3H3,(H,23,24,25)/p+1. The molecule has 0 unspecified atom stereocenters. The van der Waals surface area contributed by atoms with E-state index in [0.29, 0.717) is 0 Å². The average molecular weight is 399 g/mol. The number of hydrogen-bond acceptors (Lipinski definition) is 5. The minimum atomic E-state index is 0.943. The number of nitrogens with one attached hydrogen (secondary N) is 2. The van der Waals surface area contributed by atoms with E-state index in [1.165, 1.54) is 63.9 Å². The van der Waals surface area contributed by atoms with Crippen LogP contribution in [0.2, 0.25) is 0 Å². The molecule has 1 aliphatic rings. The molecule has 0 saturated carbocycles. The Hall–Kier alpha value is -1.79. The van der Waals surface area contributed by atoms with E-state index in [-0.39, 0.29) is 0 Å². The van der Waals surface area contributed by atoms with Crippen molar-refractivity contribution in [3.05, 3.63) is 23.1 Å². The predicted molar refractivity (Wildman–Crippen MR) is 119 cm³/mol. The fourth-order valence-corrected chi connectivity index (χ4v) is 5.41. The maximum atomic E-state index is 5.14. The second-order valence-corrected chi connectivity index (χ2v) is 9.24. The first-order chi connectivity index (χ1) is 13.7. The molecule has 3 aromatic rings. The Labute approximate surface area is 171 Å². The summed E-state index contributed by atoms with van der Waals surface area (Å²) >= 11 is 1.77. The highest BCUT2D eigenvalue weighted by Gasteiger charge is 2.22. The molecule has 2 N–H and O–H groups in total. The van der Waals surface area contributed by atoms with E-state index in [4.69, 9.17) is 9.97 Å². The summed E-state index contributed by atoms with van der Waals surface area (Å²) in [5.41, 5.74) is 5.49. The zero-order chi connectivity index (χ0) is 19.5. The Balaban J connectivity index is 1.75. The van der Waals surface area contributed by atoms with Crippen molar-refractivity contribution in [3.8, 4) is 0 Å². The normalized spacial score (nSPS) is 14.1. The summed E-state index contributed by atoms with van der Waals surface area (Å²) in [6, 6.07) is 0. The zero-order valence-electron chi connectivity index (χ0n) is 17.4. The van der Waals surface area contributed by atoms with Gasteiger partial charge in [0, 0.05) is 24.0 Å². The maximum Gasteiger partial charge on any atom is 0.147 e. The van der Waals surface area contributed by atoms with Crippen molar-refractivity contribution in [2.75, 3.05) is 32.5 Å². The lowest BCUT2D eigenvalue weighted by Crippen LogP contribution is -3.05. The minimum absolute atomic E-state index is 0.943. The number of thiophene rings is 1. The molecule has 0 spiro atoms. The number of unbranched alkanes of at least 4 members (excludes halogenated alkanes) is 1. The number of aromatic nitrogens is 3. The van der Waals surface area contributed by atoms with Crippen LogP contribution in [0.25, 0.3) is 20.4 Å². The van der Waals surface area contributed by atoms with Crippen LogP contribution in [0, 0.1) is 0 Å².